The Balaban J connectivity index is 3.15. The van der Waals surface area contributed by atoms with Gasteiger partial charge in [-0.25, -0.2) is 9.59 Å². The summed E-state index contributed by atoms with van der Waals surface area (Å²) in [5.74, 6) is -1.67. The molecular formula is C16H21F3N2O4. The summed E-state index contributed by atoms with van der Waals surface area (Å²) in [4.78, 5) is 23.8. The molecule has 9 heteroatoms. The van der Waals surface area contributed by atoms with Gasteiger partial charge in [0.15, 0.2) is 0 Å². The standard InChI is InChI=1S/C16H21F3N2O4/c1-4-24-13(22)15(16(17,18)19,21-14(23)25-11(2)3)20-10-12-8-6-5-7-9-12/h5-9,11,20H,4,10H2,1-3H3,(H,21,23). The van der Waals surface area contributed by atoms with Crippen LogP contribution in [0.25, 0.3) is 0 Å². The molecule has 0 aliphatic heterocycles. The Labute approximate surface area is 143 Å². The molecule has 6 nitrogen and oxygen atoms in total. The molecule has 1 unspecified atom stereocenters. The summed E-state index contributed by atoms with van der Waals surface area (Å²) in [7, 11) is 0. The molecule has 0 bridgehead atoms. The van der Waals surface area contributed by atoms with Crippen LogP contribution in [0.3, 0.4) is 0 Å². The van der Waals surface area contributed by atoms with E-state index in [-0.39, 0.29) is 13.2 Å². The Morgan fingerprint density at radius 3 is 2.24 bits per heavy atom. The summed E-state index contributed by atoms with van der Waals surface area (Å²) in [6.45, 7) is 3.68. The van der Waals surface area contributed by atoms with Crippen LogP contribution < -0.4 is 10.6 Å². The molecule has 2 N–H and O–H groups in total. The minimum absolute atomic E-state index is 0.287. The molecule has 0 aliphatic rings. The molecule has 0 saturated heterocycles. The lowest BCUT2D eigenvalue weighted by Crippen LogP contribution is -2.72. The summed E-state index contributed by atoms with van der Waals surface area (Å²) in [5.41, 5.74) is -2.94. The molecule has 0 aliphatic carbocycles. The number of nitrogens with one attached hydrogen (secondary N) is 2. The van der Waals surface area contributed by atoms with Gasteiger partial charge in [-0.3, -0.25) is 10.6 Å². The van der Waals surface area contributed by atoms with Crippen molar-refractivity contribution in [3.05, 3.63) is 35.9 Å². The largest absolute Gasteiger partial charge is 0.463 e. The SMILES string of the molecule is CCOC(=O)C(NCc1ccccc1)(NC(=O)OC(C)C)C(F)(F)F. The third kappa shape index (κ3) is 5.63. The Morgan fingerprint density at radius 2 is 1.76 bits per heavy atom. The van der Waals surface area contributed by atoms with Gasteiger partial charge < -0.3 is 9.47 Å². The summed E-state index contributed by atoms with van der Waals surface area (Å²) in [6, 6.07) is 8.12. The average molecular weight is 362 g/mol. The molecule has 0 spiro atoms. The topological polar surface area (TPSA) is 76.7 Å². The van der Waals surface area contributed by atoms with Gasteiger partial charge in [0.05, 0.1) is 12.7 Å². The minimum Gasteiger partial charge on any atom is -0.463 e. The summed E-state index contributed by atoms with van der Waals surface area (Å²) in [6.07, 6.45) is -7.22. The zero-order valence-electron chi connectivity index (χ0n) is 14.1. The molecule has 1 rings (SSSR count). The highest BCUT2D eigenvalue weighted by Gasteiger charge is 2.63. The van der Waals surface area contributed by atoms with Crippen LogP contribution >= 0.6 is 0 Å². The van der Waals surface area contributed by atoms with Crippen molar-refractivity contribution in [3.63, 3.8) is 0 Å². The van der Waals surface area contributed by atoms with Crippen molar-refractivity contribution >= 4 is 12.1 Å². The van der Waals surface area contributed by atoms with Crippen molar-refractivity contribution in [1.82, 2.24) is 10.6 Å². The fraction of sp³-hybridized carbons (Fsp3) is 0.500. The number of alkyl carbamates (subject to hydrolysis) is 1. The van der Waals surface area contributed by atoms with Crippen LogP contribution in [-0.2, 0) is 20.8 Å². The quantitative estimate of drug-likeness (QED) is 0.576. The normalized spacial score (nSPS) is 13.9. The van der Waals surface area contributed by atoms with Crippen molar-refractivity contribution in [1.29, 1.82) is 0 Å². The number of esters is 1. The van der Waals surface area contributed by atoms with Crippen LogP contribution in [-0.4, -0.2) is 36.6 Å². The Morgan fingerprint density at radius 1 is 1.16 bits per heavy atom. The molecule has 1 atom stereocenters. The molecule has 0 fully saturated rings. The van der Waals surface area contributed by atoms with E-state index >= 15 is 0 Å². The van der Waals surface area contributed by atoms with E-state index in [4.69, 9.17) is 0 Å². The number of alkyl halides is 3. The molecule has 0 saturated carbocycles. The Hall–Kier alpha value is -2.29. The second kappa shape index (κ2) is 8.70. The Kier molecular flexibility index (Phi) is 7.22. The lowest BCUT2D eigenvalue weighted by molar-refractivity contribution is -0.220. The zero-order valence-corrected chi connectivity index (χ0v) is 14.1. The van der Waals surface area contributed by atoms with Gasteiger partial charge in [-0.15, -0.1) is 0 Å². The highest BCUT2D eigenvalue weighted by Crippen LogP contribution is 2.30. The maximum atomic E-state index is 13.7. The van der Waals surface area contributed by atoms with Crippen LogP contribution in [0.5, 0.6) is 0 Å². The third-order valence-electron chi connectivity index (χ3n) is 3.04. The lowest BCUT2D eigenvalue weighted by atomic mass is 10.1. The molecule has 0 aromatic heterocycles. The first-order valence-corrected chi connectivity index (χ1v) is 7.64. The monoisotopic (exact) mass is 362 g/mol. The van der Waals surface area contributed by atoms with Gasteiger partial charge in [-0.2, -0.15) is 13.2 Å². The van der Waals surface area contributed by atoms with Crippen molar-refractivity contribution in [2.45, 2.75) is 45.3 Å². The predicted molar refractivity (Wildman–Crippen MR) is 83.5 cm³/mol. The number of hydrogen-bond acceptors (Lipinski definition) is 5. The van der Waals surface area contributed by atoms with E-state index in [0.29, 0.717) is 5.56 Å². The minimum atomic E-state index is -5.16. The van der Waals surface area contributed by atoms with Gasteiger partial charge in [-0.05, 0) is 26.3 Å². The van der Waals surface area contributed by atoms with Crippen molar-refractivity contribution in [3.8, 4) is 0 Å². The van der Waals surface area contributed by atoms with Gasteiger partial charge in [0, 0.05) is 6.54 Å². The second-order valence-electron chi connectivity index (χ2n) is 5.39. The zero-order chi connectivity index (χ0) is 19.1. The summed E-state index contributed by atoms with van der Waals surface area (Å²) >= 11 is 0. The van der Waals surface area contributed by atoms with E-state index in [9.17, 15) is 22.8 Å². The first-order valence-electron chi connectivity index (χ1n) is 7.64. The number of ether oxygens (including phenoxy) is 2. The van der Waals surface area contributed by atoms with Crippen LogP contribution in [0, 0.1) is 0 Å². The van der Waals surface area contributed by atoms with E-state index in [1.54, 1.807) is 35.6 Å². The van der Waals surface area contributed by atoms with E-state index in [1.807, 2.05) is 0 Å². The van der Waals surface area contributed by atoms with Crippen LogP contribution in [0.2, 0.25) is 0 Å². The molecule has 1 aromatic carbocycles. The smallest absolute Gasteiger partial charge is 0.436 e. The molecule has 140 valence electrons. The van der Waals surface area contributed by atoms with Crippen molar-refractivity contribution in [2.24, 2.45) is 0 Å². The van der Waals surface area contributed by atoms with E-state index in [0.717, 1.165) is 0 Å². The maximum absolute atomic E-state index is 13.7. The molecule has 25 heavy (non-hydrogen) atoms. The van der Waals surface area contributed by atoms with Crippen LogP contribution in [0.1, 0.15) is 26.3 Å². The molecule has 0 radical (unpaired) electrons. The number of carbonyl (C=O) groups excluding carboxylic acids is 2. The van der Waals surface area contributed by atoms with E-state index in [1.165, 1.54) is 20.8 Å². The molecular weight excluding hydrogens is 341 g/mol. The molecule has 0 heterocycles. The third-order valence-corrected chi connectivity index (χ3v) is 3.04. The predicted octanol–water partition coefficient (Wildman–Crippen LogP) is 2.73. The second-order valence-corrected chi connectivity index (χ2v) is 5.39. The van der Waals surface area contributed by atoms with E-state index < -0.39 is 30.0 Å². The first-order chi connectivity index (χ1) is 11.6. The maximum Gasteiger partial charge on any atom is 0.436 e. The molecule has 1 amide bonds. The van der Waals surface area contributed by atoms with Gasteiger partial charge >= 0.3 is 18.2 Å². The number of hydrogen-bond donors (Lipinski definition) is 2. The van der Waals surface area contributed by atoms with Crippen molar-refractivity contribution in [2.75, 3.05) is 6.61 Å². The fourth-order valence-corrected chi connectivity index (χ4v) is 1.92. The van der Waals surface area contributed by atoms with Crippen LogP contribution in [0.15, 0.2) is 30.3 Å². The van der Waals surface area contributed by atoms with Crippen molar-refractivity contribution < 1.29 is 32.2 Å². The average Bonchev–Trinajstić information content (AvgIpc) is 2.50. The molecule has 1 aromatic rings. The fourth-order valence-electron chi connectivity index (χ4n) is 1.92. The highest BCUT2D eigenvalue weighted by atomic mass is 19.4. The van der Waals surface area contributed by atoms with Gasteiger partial charge in [-0.1, -0.05) is 30.3 Å². The highest BCUT2D eigenvalue weighted by molar-refractivity contribution is 5.86. The number of benzene rings is 1. The van der Waals surface area contributed by atoms with Crippen LogP contribution in [0.4, 0.5) is 18.0 Å². The summed E-state index contributed by atoms with van der Waals surface area (Å²) in [5, 5.41) is 3.65. The lowest BCUT2D eigenvalue weighted by Gasteiger charge is -2.34. The number of rotatable bonds is 7. The van der Waals surface area contributed by atoms with Gasteiger partial charge in [0.25, 0.3) is 5.66 Å². The summed E-state index contributed by atoms with van der Waals surface area (Å²) < 4.78 is 50.4. The number of halogens is 3. The van der Waals surface area contributed by atoms with Gasteiger partial charge in [0.1, 0.15) is 0 Å². The Bertz CT molecular complexity index is 578. The number of carbonyl (C=O) groups is 2. The number of amides is 1. The van der Waals surface area contributed by atoms with Gasteiger partial charge in [0.2, 0.25) is 0 Å². The first kappa shape index (κ1) is 20.8. The van der Waals surface area contributed by atoms with E-state index in [2.05, 4.69) is 14.8 Å².